The van der Waals surface area contributed by atoms with Crippen LogP contribution in [0.15, 0.2) is 67.0 Å². The molecule has 0 N–H and O–H groups in total. The van der Waals surface area contributed by atoms with Crippen LogP contribution in [0.25, 0.3) is 10.8 Å². The van der Waals surface area contributed by atoms with Gasteiger partial charge in [0.25, 0.3) is 5.91 Å². The molecule has 2 saturated heterocycles. The Kier molecular flexibility index (Phi) is 4.51. The quantitative estimate of drug-likeness (QED) is 0.664. The highest BCUT2D eigenvalue weighted by Gasteiger charge is 2.48. The maximum Gasteiger partial charge on any atom is 0.253 e. The summed E-state index contributed by atoms with van der Waals surface area (Å²) in [4.78, 5) is 36.0. The number of carbonyl (C=O) groups is 2. The van der Waals surface area contributed by atoms with Crippen molar-refractivity contribution in [1.29, 1.82) is 0 Å². The smallest absolute Gasteiger partial charge is 0.253 e. The molecular formula is C24H24N4O2. The molecule has 0 unspecified atom stereocenters. The van der Waals surface area contributed by atoms with E-state index in [4.69, 9.17) is 0 Å². The molecule has 2 amide bonds. The van der Waals surface area contributed by atoms with E-state index in [1.807, 2.05) is 65.4 Å². The third-order valence-corrected chi connectivity index (χ3v) is 6.51. The van der Waals surface area contributed by atoms with E-state index >= 15 is 0 Å². The predicted molar refractivity (Wildman–Crippen MR) is 116 cm³/mol. The van der Waals surface area contributed by atoms with Crippen molar-refractivity contribution in [2.24, 2.45) is 0 Å². The van der Waals surface area contributed by atoms with E-state index in [0.717, 1.165) is 22.9 Å². The highest BCUT2D eigenvalue weighted by molar-refractivity contribution is 5.99. The van der Waals surface area contributed by atoms with Gasteiger partial charge in [-0.05, 0) is 48.5 Å². The highest BCUT2D eigenvalue weighted by atomic mass is 16.2. The molecule has 5 rings (SSSR count). The van der Waals surface area contributed by atoms with Crippen molar-refractivity contribution in [1.82, 2.24) is 14.8 Å². The maximum atomic E-state index is 13.3. The number of fused-ring (bicyclic) bond motifs is 1. The lowest BCUT2D eigenvalue weighted by atomic mass is 9.92. The summed E-state index contributed by atoms with van der Waals surface area (Å²) >= 11 is 0. The Balaban J connectivity index is 1.39. The zero-order valence-electron chi connectivity index (χ0n) is 17.0. The minimum Gasteiger partial charge on any atom is -0.337 e. The molecule has 2 aliphatic heterocycles. The molecule has 1 aromatic heterocycles. The second kappa shape index (κ2) is 7.22. The van der Waals surface area contributed by atoms with Crippen molar-refractivity contribution in [2.75, 3.05) is 38.1 Å². The fraction of sp³-hybridized carbons (Fsp3) is 0.292. The SMILES string of the molecule is CN1CC(=O)N(c2cccnc2)C[C@]12CCN(C(=O)c1ccc3ccccc3c1)C2. The van der Waals surface area contributed by atoms with Crippen LogP contribution >= 0.6 is 0 Å². The van der Waals surface area contributed by atoms with E-state index in [1.165, 1.54) is 0 Å². The summed E-state index contributed by atoms with van der Waals surface area (Å²) in [5.74, 6) is 0.117. The number of hydrogen-bond donors (Lipinski definition) is 0. The van der Waals surface area contributed by atoms with E-state index in [-0.39, 0.29) is 17.4 Å². The summed E-state index contributed by atoms with van der Waals surface area (Å²) in [6, 6.07) is 17.7. The summed E-state index contributed by atoms with van der Waals surface area (Å²) in [6.45, 7) is 2.20. The van der Waals surface area contributed by atoms with Gasteiger partial charge in [0.2, 0.25) is 5.91 Å². The van der Waals surface area contributed by atoms with Crippen molar-refractivity contribution in [3.05, 3.63) is 72.6 Å². The monoisotopic (exact) mass is 400 g/mol. The van der Waals surface area contributed by atoms with Crippen molar-refractivity contribution in [3.63, 3.8) is 0 Å². The first-order valence-corrected chi connectivity index (χ1v) is 10.3. The molecule has 3 aromatic rings. The first-order chi connectivity index (χ1) is 14.6. The number of likely N-dealkylation sites (N-methyl/N-ethyl adjacent to an activating group) is 1. The number of pyridine rings is 1. The molecule has 152 valence electrons. The lowest BCUT2D eigenvalue weighted by Gasteiger charge is -2.46. The van der Waals surface area contributed by atoms with E-state index in [2.05, 4.69) is 16.0 Å². The lowest BCUT2D eigenvalue weighted by molar-refractivity contribution is -0.123. The fourth-order valence-electron chi connectivity index (χ4n) is 4.68. The normalized spacial score (nSPS) is 22.2. The van der Waals surface area contributed by atoms with Crippen LogP contribution in [0.1, 0.15) is 16.8 Å². The summed E-state index contributed by atoms with van der Waals surface area (Å²) in [6.07, 6.45) is 4.27. The number of likely N-dealkylation sites (tertiary alicyclic amines) is 1. The minimum atomic E-state index is -0.240. The molecular weight excluding hydrogens is 376 g/mol. The van der Waals surface area contributed by atoms with Crippen LogP contribution in [-0.4, -0.2) is 65.4 Å². The number of anilines is 1. The molecule has 1 spiro atoms. The molecule has 2 aromatic carbocycles. The molecule has 0 aliphatic carbocycles. The van der Waals surface area contributed by atoms with Crippen LogP contribution in [0.5, 0.6) is 0 Å². The topological polar surface area (TPSA) is 56.8 Å². The number of hydrogen-bond acceptors (Lipinski definition) is 4. The minimum absolute atomic E-state index is 0.0517. The number of amides is 2. The van der Waals surface area contributed by atoms with Gasteiger partial charge in [0, 0.05) is 31.4 Å². The molecule has 0 radical (unpaired) electrons. The van der Waals surface area contributed by atoms with Crippen LogP contribution in [0, 0.1) is 0 Å². The van der Waals surface area contributed by atoms with E-state index in [9.17, 15) is 9.59 Å². The molecule has 1 atom stereocenters. The summed E-state index contributed by atoms with van der Waals surface area (Å²) in [7, 11) is 1.99. The van der Waals surface area contributed by atoms with Gasteiger partial charge < -0.3 is 9.80 Å². The van der Waals surface area contributed by atoms with Gasteiger partial charge in [-0.1, -0.05) is 30.3 Å². The van der Waals surface area contributed by atoms with Gasteiger partial charge >= 0.3 is 0 Å². The number of piperazine rings is 1. The summed E-state index contributed by atoms with van der Waals surface area (Å²) in [5, 5.41) is 2.20. The average molecular weight is 400 g/mol. The van der Waals surface area contributed by atoms with Crippen LogP contribution in [-0.2, 0) is 4.79 Å². The van der Waals surface area contributed by atoms with Crippen molar-refractivity contribution in [3.8, 4) is 0 Å². The third-order valence-electron chi connectivity index (χ3n) is 6.51. The first-order valence-electron chi connectivity index (χ1n) is 10.3. The average Bonchev–Trinajstić information content (AvgIpc) is 3.21. The Morgan fingerprint density at radius 2 is 1.87 bits per heavy atom. The van der Waals surface area contributed by atoms with Crippen molar-refractivity contribution < 1.29 is 9.59 Å². The number of benzene rings is 2. The third kappa shape index (κ3) is 3.13. The second-order valence-corrected chi connectivity index (χ2v) is 8.31. The Morgan fingerprint density at radius 1 is 1.03 bits per heavy atom. The Bertz CT molecular complexity index is 1120. The summed E-state index contributed by atoms with van der Waals surface area (Å²) < 4.78 is 0. The fourth-order valence-corrected chi connectivity index (χ4v) is 4.68. The molecule has 6 heteroatoms. The van der Waals surface area contributed by atoms with Gasteiger partial charge in [-0.3, -0.25) is 19.5 Å². The second-order valence-electron chi connectivity index (χ2n) is 8.31. The van der Waals surface area contributed by atoms with E-state index in [0.29, 0.717) is 31.7 Å². The van der Waals surface area contributed by atoms with Gasteiger partial charge in [0.15, 0.2) is 0 Å². The van der Waals surface area contributed by atoms with Gasteiger partial charge in [-0.15, -0.1) is 0 Å². The Labute approximate surface area is 175 Å². The molecule has 6 nitrogen and oxygen atoms in total. The predicted octanol–water partition coefficient (Wildman–Crippen LogP) is 2.80. The number of nitrogens with zero attached hydrogens (tertiary/aromatic N) is 4. The first kappa shape index (κ1) is 18.8. The zero-order chi connectivity index (χ0) is 20.7. The highest BCUT2D eigenvalue weighted by Crippen LogP contribution is 2.34. The molecule has 30 heavy (non-hydrogen) atoms. The van der Waals surface area contributed by atoms with Crippen LogP contribution in [0.4, 0.5) is 5.69 Å². The molecule has 0 saturated carbocycles. The Hall–Kier alpha value is -3.25. The zero-order valence-corrected chi connectivity index (χ0v) is 17.0. The van der Waals surface area contributed by atoms with Crippen LogP contribution in [0.2, 0.25) is 0 Å². The van der Waals surface area contributed by atoms with E-state index < -0.39 is 0 Å². The van der Waals surface area contributed by atoms with Gasteiger partial charge in [0.05, 0.1) is 24.0 Å². The van der Waals surface area contributed by atoms with Crippen LogP contribution < -0.4 is 4.90 Å². The van der Waals surface area contributed by atoms with Gasteiger partial charge in [-0.25, -0.2) is 0 Å². The molecule has 2 fully saturated rings. The molecule has 0 bridgehead atoms. The van der Waals surface area contributed by atoms with Crippen molar-refractivity contribution in [2.45, 2.75) is 12.0 Å². The standard InChI is InChI=1S/C24H24N4O2/c1-26-15-22(29)28(21-7-4-11-25-14-21)17-24(26)10-12-27(16-24)23(30)20-9-8-18-5-2-3-6-19(18)13-20/h2-9,11,13-14H,10,12,15-17H2,1H3/t24-/m1/s1. The number of rotatable bonds is 2. The molecule has 3 heterocycles. The lowest BCUT2D eigenvalue weighted by Crippen LogP contribution is -2.64. The van der Waals surface area contributed by atoms with Gasteiger partial charge in [-0.2, -0.15) is 0 Å². The largest absolute Gasteiger partial charge is 0.337 e. The summed E-state index contributed by atoms with van der Waals surface area (Å²) in [5.41, 5.74) is 1.29. The Morgan fingerprint density at radius 3 is 2.67 bits per heavy atom. The van der Waals surface area contributed by atoms with Crippen molar-refractivity contribution >= 4 is 28.3 Å². The number of carbonyl (C=O) groups excluding carboxylic acids is 2. The van der Waals surface area contributed by atoms with Gasteiger partial charge in [0.1, 0.15) is 0 Å². The van der Waals surface area contributed by atoms with E-state index in [1.54, 1.807) is 12.4 Å². The number of aromatic nitrogens is 1. The van der Waals surface area contributed by atoms with Crippen LogP contribution in [0.3, 0.4) is 0 Å². The molecule has 2 aliphatic rings. The maximum absolute atomic E-state index is 13.3.